The molecule has 2 N–H and O–H groups in total. The number of hydrogen-bond acceptors (Lipinski definition) is 5. The van der Waals surface area contributed by atoms with Gasteiger partial charge in [-0.3, -0.25) is 4.79 Å². The van der Waals surface area contributed by atoms with Crippen LogP contribution in [0.25, 0.3) is 0 Å². The van der Waals surface area contributed by atoms with Crippen LogP contribution >= 0.6 is 11.3 Å². The second kappa shape index (κ2) is 5.94. The van der Waals surface area contributed by atoms with Crippen LogP contribution in [0, 0.1) is 11.3 Å². The molecule has 1 fully saturated rings. The zero-order chi connectivity index (χ0) is 13.0. The highest BCUT2D eigenvalue weighted by molar-refractivity contribution is 7.09. The Labute approximate surface area is 110 Å². The number of carbonyl (C=O) groups excluding carboxylic acids is 1. The molecule has 1 aromatic rings. The molecule has 5 nitrogen and oxygen atoms in total. The number of amides is 1. The molecular weight excluding hydrogens is 248 g/mol. The first-order valence-corrected chi connectivity index (χ1v) is 6.96. The molecular formula is C12H16N4OS. The highest BCUT2D eigenvalue weighted by Crippen LogP contribution is 2.28. The molecule has 2 rings (SSSR count). The van der Waals surface area contributed by atoms with Gasteiger partial charge in [0, 0.05) is 24.4 Å². The van der Waals surface area contributed by atoms with Gasteiger partial charge in [0.25, 0.3) is 5.91 Å². The third kappa shape index (κ3) is 3.06. The second-order valence-corrected chi connectivity index (χ2v) is 5.25. The summed E-state index contributed by atoms with van der Waals surface area (Å²) in [7, 11) is 0. The van der Waals surface area contributed by atoms with E-state index < -0.39 is 0 Å². The van der Waals surface area contributed by atoms with Crippen LogP contribution in [0.5, 0.6) is 0 Å². The number of hydrogen-bond donors (Lipinski definition) is 1. The van der Waals surface area contributed by atoms with Gasteiger partial charge < -0.3 is 10.6 Å². The van der Waals surface area contributed by atoms with E-state index in [4.69, 9.17) is 11.0 Å². The number of nitrogens with zero attached hydrogens (tertiary/aromatic N) is 3. The van der Waals surface area contributed by atoms with Gasteiger partial charge >= 0.3 is 0 Å². The number of nitrogens with two attached hydrogens (primary N) is 1. The summed E-state index contributed by atoms with van der Waals surface area (Å²) >= 11 is 1.47. The summed E-state index contributed by atoms with van der Waals surface area (Å²) in [5.41, 5.74) is 5.96. The molecule has 0 aliphatic heterocycles. The Morgan fingerprint density at radius 3 is 3.06 bits per heavy atom. The highest BCUT2D eigenvalue weighted by Gasteiger charge is 2.33. The third-order valence-electron chi connectivity index (χ3n) is 2.84. The molecule has 1 amide bonds. The van der Waals surface area contributed by atoms with Crippen molar-refractivity contribution in [3.8, 4) is 6.07 Å². The van der Waals surface area contributed by atoms with Crippen LogP contribution < -0.4 is 5.73 Å². The maximum atomic E-state index is 12.3. The first-order chi connectivity index (χ1) is 8.76. The zero-order valence-electron chi connectivity index (χ0n) is 10.1. The molecule has 0 bridgehead atoms. The fourth-order valence-electron chi connectivity index (χ4n) is 1.80. The maximum Gasteiger partial charge on any atom is 0.273 e. The van der Waals surface area contributed by atoms with E-state index in [2.05, 4.69) is 11.1 Å². The Bertz CT molecular complexity index is 461. The Balaban J connectivity index is 2.04. The van der Waals surface area contributed by atoms with Crippen molar-refractivity contribution in [1.82, 2.24) is 9.88 Å². The second-order valence-electron chi connectivity index (χ2n) is 4.30. The quantitative estimate of drug-likeness (QED) is 0.835. The van der Waals surface area contributed by atoms with Gasteiger partial charge in [-0.15, -0.1) is 11.3 Å². The van der Waals surface area contributed by atoms with Crippen LogP contribution in [0.3, 0.4) is 0 Å². The molecule has 0 aromatic carbocycles. The van der Waals surface area contributed by atoms with Crippen LogP contribution in [0.1, 0.15) is 34.8 Å². The summed E-state index contributed by atoms with van der Waals surface area (Å²) in [6, 6.07) is 2.40. The average Bonchev–Trinajstić information content (AvgIpc) is 3.09. The third-order valence-corrected chi connectivity index (χ3v) is 3.75. The van der Waals surface area contributed by atoms with Crippen molar-refractivity contribution >= 4 is 17.2 Å². The Kier molecular flexibility index (Phi) is 4.28. The van der Waals surface area contributed by atoms with Gasteiger partial charge in [0.15, 0.2) is 0 Å². The van der Waals surface area contributed by atoms with E-state index >= 15 is 0 Å². The predicted octanol–water partition coefficient (Wildman–Crippen LogP) is 1.16. The van der Waals surface area contributed by atoms with Crippen molar-refractivity contribution in [2.24, 2.45) is 5.73 Å². The molecule has 0 saturated heterocycles. The molecule has 18 heavy (non-hydrogen) atoms. The first kappa shape index (κ1) is 13.0. The fraction of sp³-hybridized carbons (Fsp3) is 0.583. The van der Waals surface area contributed by atoms with E-state index in [0.29, 0.717) is 37.7 Å². The minimum atomic E-state index is -0.0488. The largest absolute Gasteiger partial charge is 0.333 e. The lowest BCUT2D eigenvalue weighted by atomic mass is 10.3. The van der Waals surface area contributed by atoms with Crippen molar-refractivity contribution in [3.63, 3.8) is 0 Å². The standard InChI is InChI=1S/C12H16N4OS/c13-5-1-7-16(9-2-3-9)12(17)10-8-18-11(15-10)4-6-14/h8-9H,1-4,6-7,14H2. The molecule has 6 heteroatoms. The van der Waals surface area contributed by atoms with Crippen LogP contribution in [0.2, 0.25) is 0 Å². The smallest absolute Gasteiger partial charge is 0.273 e. The van der Waals surface area contributed by atoms with E-state index in [1.165, 1.54) is 11.3 Å². The molecule has 1 heterocycles. The van der Waals surface area contributed by atoms with Crippen LogP contribution in [0.15, 0.2) is 5.38 Å². The predicted molar refractivity (Wildman–Crippen MR) is 69.2 cm³/mol. The summed E-state index contributed by atoms with van der Waals surface area (Å²) in [5, 5.41) is 11.3. The van der Waals surface area contributed by atoms with Crippen LogP contribution in [0.4, 0.5) is 0 Å². The molecule has 1 aromatic heterocycles. The van der Waals surface area contributed by atoms with E-state index in [-0.39, 0.29) is 5.91 Å². The van der Waals surface area contributed by atoms with Crippen molar-refractivity contribution in [1.29, 1.82) is 5.26 Å². The molecule has 96 valence electrons. The Morgan fingerprint density at radius 1 is 1.67 bits per heavy atom. The van der Waals surface area contributed by atoms with E-state index in [1.54, 1.807) is 10.3 Å². The summed E-state index contributed by atoms with van der Waals surface area (Å²) in [4.78, 5) is 18.4. The van der Waals surface area contributed by atoms with Gasteiger partial charge in [-0.1, -0.05) is 0 Å². The summed E-state index contributed by atoms with van der Waals surface area (Å²) in [6.45, 7) is 1.05. The molecule has 1 aliphatic carbocycles. The lowest BCUT2D eigenvalue weighted by molar-refractivity contribution is 0.0741. The van der Waals surface area contributed by atoms with Gasteiger partial charge in [0.05, 0.1) is 17.5 Å². The van der Waals surface area contributed by atoms with Gasteiger partial charge in [-0.05, 0) is 19.4 Å². The molecule has 0 radical (unpaired) electrons. The maximum absolute atomic E-state index is 12.3. The molecule has 0 unspecified atom stereocenters. The number of aromatic nitrogens is 1. The molecule has 1 saturated carbocycles. The number of carbonyl (C=O) groups is 1. The molecule has 0 atom stereocenters. The van der Waals surface area contributed by atoms with E-state index in [1.807, 2.05) is 0 Å². The van der Waals surface area contributed by atoms with Gasteiger partial charge in [-0.2, -0.15) is 5.26 Å². The zero-order valence-corrected chi connectivity index (χ0v) is 10.9. The average molecular weight is 264 g/mol. The number of nitriles is 1. The Hall–Kier alpha value is -1.45. The van der Waals surface area contributed by atoms with Crippen molar-refractivity contribution in [2.75, 3.05) is 13.1 Å². The lowest BCUT2D eigenvalue weighted by Gasteiger charge is -2.19. The van der Waals surface area contributed by atoms with Crippen molar-refractivity contribution < 1.29 is 4.79 Å². The Morgan fingerprint density at radius 2 is 2.44 bits per heavy atom. The van der Waals surface area contributed by atoms with E-state index in [0.717, 1.165) is 17.8 Å². The first-order valence-electron chi connectivity index (χ1n) is 6.08. The van der Waals surface area contributed by atoms with Gasteiger partial charge in [-0.25, -0.2) is 4.98 Å². The fourth-order valence-corrected chi connectivity index (χ4v) is 2.59. The monoisotopic (exact) mass is 264 g/mol. The summed E-state index contributed by atoms with van der Waals surface area (Å²) in [6.07, 6.45) is 3.16. The number of thiazole rings is 1. The highest BCUT2D eigenvalue weighted by atomic mass is 32.1. The van der Waals surface area contributed by atoms with Crippen LogP contribution in [-0.4, -0.2) is 34.9 Å². The van der Waals surface area contributed by atoms with Crippen LogP contribution in [-0.2, 0) is 6.42 Å². The minimum Gasteiger partial charge on any atom is -0.333 e. The normalized spacial score (nSPS) is 14.2. The number of rotatable bonds is 6. The van der Waals surface area contributed by atoms with E-state index in [9.17, 15) is 4.79 Å². The molecule has 1 aliphatic rings. The minimum absolute atomic E-state index is 0.0488. The van der Waals surface area contributed by atoms with Gasteiger partial charge in [0.1, 0.15) is 5.69 Å². The molecule has 0 spiro atoms. The van der Waals surface area contributed by atoms with Gasteiger partial charge in [0.2, 0.25) is 0 Å². The summed E-state index contributed by atoms with van der Waals surface area (Å²) in [5.74, 6) is -0.0488. The van der Waals surface area contributed by atoms with Crippen molar-refractivity contribution in [2.45, 2.75) is 31.7 Å². The van der Waals surface area contributed by atoms with Crippen molar-refractivity contribution in [3.05, 3.63) is 16.1 Å². The SMILES string of the molecule is N#CCCN(C(=O)c1csc(CCN)n1)C1CC1. The summed E-state index contributed by atoms with van der Waals surface area (Å²) < 4.78 is 0. The topological polar surface area (TPSA) is 83.0 Å². The lowest BCUT2D eigenvalue weighted by Crippen LogP contribution is -2.34.